The predicted molar refractivity (Wildman–Crippen MR) is 93.4 cm³/mol. The zero-order valence-corrected chi connectivity index (χ0v) is 14.7. The van der Waals surface area contributed by atoms with Crippen LogP contribution in [0, 0.1) is 6.92 Å². The van der Waals surface area contributed by atoms with Crippen molar-refractivity contribution in [3.8, 4) is 5.75 Å². The number of rotatable bonds is 11. The molecule has 0 amide bonds. The van der Waals surface area contributed by atoms with E-state index >= 15 is 0 Å². The molecule has 5 heteroatoms. The monoisotopic (exact) mass is 332 g/mol. The van der Waals surface area contributed by atoms with Crippen molar-refractivity contribution in [2.75, 3.05) is 6.61 Å². The first-order valence-electron chi connectivity index (χ1n) is 8.76. The second-order valence-corrected chi connectivity index (χ2v) is 6.00. The summed E-state index contributed by atoms with van der Waals surface area (Å²) in [5.41, 5.74) is 4.13. The van der Waals surface area contributed by atoms with E-state index in [1.54, 1.807) is 0 Å². The fraction of sp³-hybridized carbons (Fsp3) is 0.526. The molecule has 0 aliphatic rings. The molecule has 24 heavy (non-hydrogen) atoms. The first-order chi connectivity index (χ1) is 11.7. The van der Waals surface area contributed by atoms with Crippen LogP contribution in [0.5, 0.6) is 5.75 Å². The predicted octanol–water partition coefficient (Wildman–Crippen LogP) is 4.21. The molecule has 0 aliphatic carbocycles. The number of nitrogens with one attached hydrogen (secondary N) is 1. The van der Waals surface area contributed by atoms with E-state index in [1.165, 1.54) is 19.3 Å². The summed E-state index contributed by atoms with van der Waals surface area (Å²) >= 11 is 0. The molecule has 0 aliphatic heterocycles. The van der Waals surface area contributed by atoms with Gasteiger partial charge < -0.3 is 14.4 Å². The fourth-order valence-corrected chi connectivity index (χ4v) is 2.59. The summed E-state index contributed by atoms with van der Waals surface area (Å²) in [6.07, 6.45) is 6.54. The summed E-state index contributed by atoms with van der Waals surface area (Å²) < 4.78 is 11.5. The second-order valence-electron chi connectivity index (χ2n) is 6.00. The number of oxazole rings is 1. The van der Waals surface area contributed by atoms with Crippen molar-refractivity contribution in [1.82, 2.24) is 10.5 Å². The van der Waals surface area contributed by atoms with Crippen LogP contribution in [0.3, 0.4) is 0 Å². The lowest BCUT2D eigenvalue weighted by Gasteiger charge is -2.06. The summed E-state index contributed by atoms with van der Waals surface area (Å²) in [4.78, 5) is 4.59. The van der Waals surface area contributed by atoms with E-state index in [1.807, 2.05) is 31.2 Å². The number of aromatic nitrogens is 1. The van der Waals surface area contributed by atoms with Crippen molar-refractivity contribution >= 4 is 0 Å². The highest BCUT2D eigenvalue weighted by Crippen LogP contribution is 2.16. The van der Waals surface area contributed by atoms with Crippen molar-refractivity contribution in [2.45, 2.75) is 58.9 Å². The summed E-state index contributed by atoms with van der Waals surface area (Å²) in [6, 6.07) is 7.66. The fourth-order valence-electron chi connectivity index (χ4n) is 2.59. The van der Waals surface area contributed by atoms with Crippen LogP contribution in [-0.4, -0.2) is 16.8 Å². The van der Waals surface area contributed by atoms with Gasteiger partial charge in [0.15, 0.2) is 5.89 Å². The third-order valence-corrected chi connectivity index (χ3v) is 4.00. The van der Waals surface area contributed by atoms with E-state index in [-0.39, 0.29) is 0 Å². The Bertz CT molecular complexity index is 593. The molecule has 1 aromatic carbocycles. The van der Waals surface area contributed by atoms with Crippen molar-refractivity contribution in [1.29, 1.82) is 0 Å². The molecule has 5 nitrogen and oxygen atoms in total. The summed E-state index contributed by atoms with van der Waals surface area (Å²) in [5, 5.41) is 8.67. The van der Waals surface area contributed by atoms with E-state index < -0.39 is 0 Å². The molecule has 0 fully saturated rings. The quantitative estimate of drug-likeness (QED) is 0.477. The highest BCUT2D eigenvalue weighted by Gasteiger charge is 2.09. The van der Waals surface area contributed by atoms with Gasteiger partial charge in [0.25, 0.3) is 0 Å². The van der Waals surface area contributed by atoms with Gasteiger partial charge in [-0.25, -0.2) is 10.5 Å². The van der Waals surface area contributed by atoms with Crippen LogP contribution in [0.1, 0.15) is 55.5 Å². The molecule has 2 aromatic rings. The van der Waals surface area contributed by atoms with Gasteiger partial charge in [-0.2, -0.15) is 0 Å². The number of benzene rings is 1. The van der Waals surface area contributed by atoms with Gasteiger partial charge in [-0.15, -0.1) is 0 Å². The lowest BCUT2D eigenvalue weighted by atomic mass is 10.1. The number of ether oxygens (including phenoxy) is 1. The third-order valence-electron chi connectivity index (χ3n) is 4.00. The van der Waals surface area contributed by atoms with Crippen molar-refractivity contribution < 1.29 is 14.4 Å². The number of unbranched alkanes of at least 4 members (excludes halogenated alkanes) is 3. The topological polar surface area (TPSA) is 67.5 Å². The van der Waals surface area contributed by atoms with Gasteiger partial charge >= 0.3 is 0 Å². The molecular formula is C19H28N2O3. The molecule has 0 spiro atoms. The normalized spacial score (nSPS) is 11.0. The van der Waals surface area contributed by atoms with E-state index in [2.05, 4.69) is 17.4 Å². The van der Waals surface area contributed by atoms with Gasteiger partial charge in [-0.3, -0.25) is 0 Å². The molecule has 1 heterocycles. The molecule has 2 rings (SSSR count). The molecule has 0 radical (unpaired) electrons. The zero-order valence-electron chi connectivity index (χ0n) is 14.7. The Kier molecular flexibility index (Phi) is 7.79. The maximum atomic E-state index is 8.67. The minimum absolute atomic E-state index is 0.430. The van der Waals surface area contributed by atoms with E-state index in [9.17, 15) is 0 Å². The Morgan fingerprint density at radius 1 is 1.12 bits per heavy atom. The van der Waals surface area contributed by atoms with E-state index in [0.29, 0.717) is 13.2 Å². The Labute approximate surface area is 144 Å². The standard InChI is InChI=1S/C19H28N2O3/c1-3-4-5-6-7-19-21-18(15(2)24-19)12-13-23-17-10-8-16(9-11-17)14-20-22/h8-11,20,22H,3-7,12-14H2,1-2H3. The van der Waals surface area contributed by atoms with Crippen LogP contribution in [0.4, 0.5) is 0 Å². The molecule has 0 unspecified atom stereocenters. The van der Waals surface area contributed by atoms with Gasteiger partial charge in [0.1, 0.15) is 11.5 Å². The highest BCUT2D eigenvalue weighted by atomic mass is 16.5. The number of hydrogen-bond donors (Lipinski definition) is 2. The summed E-state index contributed by atoms with van der Waals surface area (Å²) in [5.74, 6) is 2.56. The lowest BCUT2D eigenvalue weighted by Crippen LogP contribution is -2.06. The number of nitrogens with zero attached hydrogens (tertiary/aromatic N) is 1. The van der Waals surface area contributed by atoms with Crippen molar-refractivity contribution in [3.05, 3.63) is 47.2 Å². The molecule has 2 N–H and O–H groups in total. The lowest BCUT2D eigenvalue weighted by molar-refractivity contribution is 0.161. The van der Waals surface area contributed by atoms with Gasteiger partial charge in [0.2, 0.25) is 0 Å². The minimum atomic E-state index is 0.430. The highest BCUT2D eigenvalue weighted by molar-refractivity contribution is 5.27. The molecular weight excluding hydrogens is 304 g/mol. The zero-order chi connectivity index (χ0) is 17.2. The van der Waals surface area contributed by atoms with Crippen LogP contribution < -0.4 is 10.2 Å². The number of hydrogen-bond acceptors (Lipinski definition) is 5. The van der Waals surface area contributed by atoms with E-state index in [0.717, 1.165) is 47.9 Å². The van der Waals surface area contributed by atoms with E-state index in [4.69, 9.17) is 14.4 Å². The van der Waals surface area contributed by atoms with Gasteiger partial charge in [-0.05, 0) is 31.0 Å². The molecule has 0 saturated heterocycles. The summed E-state index contributed by atoms with van der Waals surface area (Å²) in [7, 11) is 0. The smallest absolute Gasteiger partial charge is 0.194 e. The largest absolute Gasteiger partial charge is 0.493 e. The van der Waals surface area contributed by atoms with Crippen LogP contribution in [0.2, 0.25) is 0 Å². The first-order valence-corrected chi connectivity index (χ1v) is 8.76. The molecule has 0 atom stereocenters. The number of aryl methyl sites for hydroxylation is 2. The molecule has 0 saturated carbocycles. The maximum absolute atomic E-state index is 8.67. The Hall–Kier alpha value is -1.85. The van der Waals surface area contributed by atoms with Crippen molar-refractivity contribution in [3.63, 3.8) is 0 Å². The SMILES string of the molecule is CCCCCCc1nc(CCOc2ccc(CNO)cc2)c(C)o1. The van der Waals surface area contributed by atoms with Crippen LogP contribution in [-0.2, 0) is 19.4 Å². The first kappa shape index (κ1) is 18.5. The van der Waals surface area contributed by atoms with Crippen LogP contribution in [0.25, 0.3) is 0 Å². The molecule has 1 aromatic heterocycles. The van der Waals surface area contributed by atoms with Crippen molar-refractivity contribution in [2.24, 2.45) is 0 Å². The average molecular weight is 332 g/mol. The minimum Gasteiger partial charge on any atom is -0.493 e. The second kappa shape index (κ2) is 10.1. The Morgan fingerprint density at radius 3 is 2.62 bits per heavy atom. The Balaban J connectivity index is 1.76. The third kappa shape index (κ3) is 5.98. The Morgan fingerprint density at radius 2 is 1.92 bits per heavy atom. The van der Waals surface area contributed by atoms with Crippen LogP contribution >= 0.6 is 0 Å². The van der Waals surface area contributed by atoms with Crippen LogP contribution in [0.15, 0.2) is 28.7 Å². The average Bonchev–Trinajstić information content (AvgIpc) is 2.93. The maximum Gasteiger partial charge on any atom is 0.194 e. The number of hydroxylamine groups is 1. The summed E-state index contributed by atoms with van der Waals surface area (Å²) in [6.45, 7) is 5.18. The van der Waals surface area contributed by atoms with Gasteiger partial charge in [0, 0.05) is 19.4 Å². The molecule has 0 bridgehead atoms. The van der Waals surface area contributed by atoms with Gasteiger partial charge in [-0.1, -0.05) is 38.3 Å². The van der Waals surface area contributed by atoms with Gasteiger partial charge in [0.05, 0.1) is 12.3 Å². The molecule has 132 valence electrons.